The van der Waals surface area contributed by atoms with Gasteiger partial charge in [-0.05, 0) is 24.3 Å². The van der Waals surface area contributed by atoms with Crippen LogP contribution in [0.3, 0.4) is 0 Å². The molecule has 4 nitrogen and oxygen atoms in total. The summed E-state index contributed by atoms with van der Waals surface area (Å²) in [5, 5.41) is 11.0. The van der Waals surface area contributed by atoms with Gasteiger partial charge in [0, 0.05) is 17.2 Å². The molecule has 1 N–H and O–H groups in total. The maximum Gasteiger partial charge on any atom is 0.326 e. The van der Waals surface area contributed by atoms with Gasteiger partial charge in [0.2, 0.25) is 5.91 Å². The standard InChI is InChI=1S/C12H15NO3S2/c14-11(8-17-7-9-3-2-6-18-9)13-5-1-4-10(13)12(15)16/h2-3,6,10H,1,4-5,7-8H2,(H,15,16)/t10-/m0/s1. The molecule has 1 atom stereocenters. The number of carbonyl (C=O) groups is 2. The first-order chi connectivity index (χ1) is 8.68. The molecule has 1 aromatic heterocycles. The molecule has 1 aliphatic rings. The number of carboxylic acid groups (broad SMARTS) is 1. The molecule has 0 bridgehead atoms. The number of thiophene rings is 1. The summed E-state index contributed by atoms with van der Waals surface area (Å²) in [4.78, 5) is 25.7. The molecule has 0 aromatic carbocycles. The molecule has 98 valence electrons. The second kappa shape index (κ2) is 6.24. The molecule has 0 aliphatic carbocycles. The molecule has 2 heterocycles. The molecule has 18 heavy (non-hydrogen) atoms. The Balaban J connectivity index is 1.79. The molecule has 1 fully saturated rings. The van der Waals surface area contributed by atoms with Crippen molar-refractivity contribution in [2.45, 2.75) is 24.6 Å². The number of hydrogen-bond acceptors (Lipinski definition) is 4. The SMILES string of the molecule is O=C(O)[C@@H]1CCCN1C(=O)CSCc1cccs1. The maximum atomic E-state index is 11.9. The first kappa shape index (κ1) is 13.4. The number of likely N-dealkylation sites (tertiary alicyclic amines) is 1. The number of thioether (sulfide) groups is 1. The van der Waals surface area contributed by atoms with Gasteiger partial charge in [-0.2, -0.15) is 0 Å². The normalized spacial score (nSPS) is 19.1. The van der Waals surface area contributed by atoms with Gasteiger partial charge >= 0.3 is 5.97 Å². The van der Waals surface area contributed by atoms with Crippen molar-refractivity contribution in [3.8, 4) is 0 Å². The molecule has 0 saturated carbocycles. The summed E-state index contributed by atoms with van der Waals surface area (Å²) < 4.78 is 0. The van der Waals surface area contributed by atoms with E-state index in [0.29, 0.717) is 18.7 Å². The third-order valence-corrected chi connectivity index (χ3v) is 4.93. The topological polar surface area (TPSA) is 57.6 Å². The number of carboxylic acids is 1. The van der Waals surface area contributed by atoms with Crippen molar-refractivity contribution in [2.75, 3.05) is 12.3 Å². The third-order valence-electron chi connectivity index (χ3n) is 2.91. The van der Waals surface area contributed by atoms with Crippen LogP contribution in [0.1, 0.15) is 17.7 Å². The summed E-state index contributed by atoms with van der Waals surface area (Å²) in [6.45, 7) is 0.579. The Morgan fingerprint density at radius 2 is 2.39 bits per heavy atom. The van der Waals surface area contributed by atoms with Crippen LogP contribution < -0.4 is 0 Å². The van der Waals surface area contributed by atoms with Gasteiger partial charge in [0.05, 0.1) is 5.75 Å². The number of amides is 1. The van der Waals surface area contributed by atoms with Gasteiger partial charge < -0.3 is 10.0 Å². The second-order valence-electron chi connectivity index (χ2n) is 4.16. The lowest BCUT2D eigenvalue weighted by molar-refractivity contribution is -0.147. The summed E-state index contributed by atoms with van der Waals surface area (Å²) in [6.07, 6.45) is 1.37. The fourth-order valence-corrected chi connectivity index (χ4v) is 3.79. The van der Waals surface area contributed by atoms with Crippen LogP contribution in [0.15, 0.2) is 17.5 Å². The quantitative estimate of drug-likeness (QED) is 0.899. The number of nitrogens with zero attached hydrogens (tertiary/aromatic N) is 1. The van der Waals surface area contributed by atoms with Gasteiger partial charge in [0.15, 0.2) is 0 Å². The Labute approximate surface area is 114 Å². The van der Waals surface area contributed by atoms with Gasteiger partial charge in [-0.25, -0.2) is 4.79 Å². The Morgan fingerprint density at radius 1 is 1.56 bits per heavy atom. The summed E-state index contributed by atoms with van der Waals surface area (Å²) in [5.41, 5.74) is 0. The lowest BCUT2D eigenvalue weighted by Crippen LogP contribution is -2.41. The fraction of sp³-hybridized carbons (Fsp3) is 0.500. The van der Waals surface area contributed by atoms with Crippen LogP contribution in [0.4, 0.5) is 0 Å². The predicted molar refractivity (Wildman–Crippen MR) is 72.9 cm³/mol. The molecular weight excluding hydrogens is 270 g/mol. The average molecular weight is 285 g/mol. The van der Waals surface area contributed by atoms with Crippen molar-refractivity contribution in [3.05, 3.63) is 22.4 Å². The monoisotopic (exact) mass is 285 g/mol. The van der Waals surface area contributed by atoms with Crippen LogP contribution >= 0.6 is 23.1 Å². The maximum absolute atomic E-state index is 11.9. The van der Waals surface area contributed by atoms with E-state index in [2.05, 4.69) is 0 Å². The van der Waals surface area contributed by atoms with Crippen molar-refractivity contribution < 1.29 is 14.7 Å². The Hall–Kier alpha value is -1.01. The predicted octanol–water partition coefficient (Wildman–Crippen LogP) is 2.06. The van der Waals surface area contributed by atoms with Gasteiger partial charge in [0.1, 0.15) is 6.04 Å². The van der Waals surface area contributed by atoms with Crippen LogP contribution in [0, 0.1) is 0 Å². The first-order valence-electron chi connectivity index (χ1n) is 5.81. The minimum atomic E-state index is -0.885. The molecule has 6 heteroatoms. The Kier molecular flexibility index (Phi) is 4.66. The van der Waals surface area contributed by atoms with Crippen molar-refractivity contribution in [2.24, 2.45) is 0 Å². The van der Waals surface area contributed by atoms with E-state index >= 15 is 0 Å². The van der Waals surface area contributed by atoms with Crippen LogP contribution in [0.5, 0.6) is 0 Å². The third kappa shape index (κ3) is 3.26. The zero-order valence-corrected chi connectivity index (χ0v) is 11.5. The van der Waals surface area contributed by atoms with Gasteiger partial charge in [-0.1, -0.05) is 6.07 Å². The Bertz CT molecular complexity index is 419. The lowest BCUT2D eigenvalue weighted by Gasteiger charge is -2.21. The summed E-state index contributed by atoms with van der Waals surface area (Å²) in [7, 11) is 0. The van der Waals surface area contributed by atoms with Crippen LogP contribution in [0.25, 0.3) is 0 Å². The van der Waals surface area contributed by atoms with Crippen LogP contribution in [0.2, 0.25) is 0 Å². The molecule has 0 radical (unpaired) electrons. The molecule has 0 spiro atoms. The summed E-state index contributed by atoms with van der Waals surface area (Å²) in [5.74, 6) is 0.238. The first-order valence-corrected chi connectivity index (χ1v) is 7.84. The number of aliphatic carboxylic acids is 1. The van der Waals surface area contributed by atoms with Gasteiger partial charge in [-0.3, -0.25) is 4.79 Å². The van der Waals surface area contributed by atoms with Crippen molar-refractivity contribution in [1.29, 1.82) is 0 Å². The highest BCUT2D eigenvalue weighted by Crippen LogP contribution is 2.21. The number of hydrogen-bond donors (Lipinski definition) is 1. The van der Waals surface area contributed by atoms with E-state index < -0.39 is 12.0 Å². The largest absolute Gasteiger partial charge is 0.480 e. The van der Waals surface area contributed by atoms with E-state index in [1.807, 2.05) is 17.5 Å². The average Bonchev–Trinajstić information content (AvgIpc) is 2.99. The fourth-order valence-electron chi connectivity index (χ4n) is 2.04. The van der Waals surface area contributed by atoms with E-state index in [-0.39, 0.29) is 5.91 Å². The Morgan fingerprint density at radius 3 is 3.06 bits per heavy atom. The van der Waals surface area contributed by atoms with Crippen molar-refractivity contribution in [3.63, 3.8) is 0 Å². The molecule has 1 saturated heterocycles. The van der Waals surface area contributed by atoms with E-state index in [9.17, 15) is 9.59 Å². The summed E-state index contributed by atoms with van der Waals surface area (Å²) in [6, 6.07) is 3.42. The van der Waals surface area contributed by atoms with Crippen molar-refractivity contribution >= 4 is 35.0 Å². The second-order valence-corrected chi connectivity index (χ2v) is 6.17. The molecule has 2 rings (SSSR count). The smallest absolute Gasteiger partial charge is 0.326 e. The van der Waals surface area contributed by atoms with E-state index in [1.165, 1.54) is 9.78 Å². The minimum Gasteiger partial charge on any atom is -0.480 e. The highest BCUT2D eigenvalue weighted by Gasteiger charge is 2.33. The van der Waals surface area contributed by atoms with Crippen LogP contribution in [-0.4, -0.2) is 40.2 Å². The number of rotatable bonds is 5. The zero-order valence-electron chi connectivity index (χ0n) is 9.87. The molecule has 1 amide bonds. The van der Waals surface area contributed by atoms with E-state index in [0.717, 1.165) is 12.2 Å². The van der Waals surface area contributed by atoms with Gasteiger partial charge in [-0.15, -0.1) is 23.1 Å². The molecule has 1 aliphatic heterocycles. The number of carbonyl (C=O) groups excluding carboxylic acids is 1. The van der Waals surface area contributed by atoms with Crippen molar-refractivity contribution in [1.82, 2.24) is 4.90 Å². The van der Waals surface area contributed by atoms with Gasteiger partial charge in [0.25, 0.3) is 0 Å². The molecular formula is C12H15NO3S2. The molecule has 0 unspecified atom stereocenters. The molecule has 1 aromatic rings. The zero-order chi connectivity index (χ0) is 13.0. The van der Waals surface area contributed by atoms with E-state index in [4.69, 9.17) is 5.11 Å². The highest BCUT2D eigenvalue weighted by atomic mass is 32.2. The minimum absolute atomic E-state index is 0.0542. The van der Waals surface area contributed by atoms with Crippen LogP contribution in [-0.2, 0) is 15.3 Å². The highest BCUT2D eigenvalue weighted by molar-refractivity contribution is 7.99. The lowest BCUT2D eigenvalue weighted by atomic mass is 10.2. The summed E-state index contributed by atoms with van der Waals surface area (Å²) >= 11 is 3.22. The van der Waals surface area contributed by atoms with E-state index in [1.54, 1.807) is 23.1 Å².